The minimum absolute atomic E-state index is 0.0121. The van der Waals surface area contributed by atoms with E-state index in [-0.39, 0.29) is 35.9 Å². The van der Waals surface area contributed by atoms with Gasteiger partial charge in [0.1, 0.15) is 11.8 Å². The van der Waals surface area contributed by atoms with Gasteiger partial charge in [0, 0.05) is 54.1 Å². The minimum Gasteiger partial charge on any atom is -0.496 e. The lowest BCUT2D eigenvalue weighted by atomic mass is 9.45. The Labute approximate surface area is 343 Å². The van der Waals surface area contributed by atoms with Crippen molar-refractivity contribution in [2.24, 2.45) is 29.1 Å². The first kappa shape index (κ1) is 42.1. The van der Waals surface area contributed by atoms with Crippen LogP contribution in [-0.2, 0) is 27.3 Å². The number of nitrogens with one attached hydrogen (secondary N) is 2. The number of rotatable bonds is 14. The van der Waals surface area contributed by atoms with E-state index >= 15 is 0 Å². The number of carbonyl (C=O) groups excluding carboxylic acids is 2. The molecule has 2 aliphatic heterocycles. The fourth-order valence-electron chi connectivity index (χ4n) is 10.2. The molecule has 9 atom stereocenters. The van der Waals surface area contributed by atoms with Crippen molar-refractivity contribution < 1.29 is 34.1 Å². The van der Waals surface area contributed by atoms with Gasteiger partial charge in [-0.2, -0.15) is 5.06 Å². The van der Waals surface area contributed by atoms with Crippen LogP contribution >= 0.6 is 0 Å². The van der Waals surface area contributed by atoms with Gasteiger partial charge in [0.05, 0.1) is 38.9 Å². The van der Waals surface area contributed by atoms with E-state index in [0.717, 1.165) is 34.4 Å². The SMILES string of the molecule is COc1c(CN2O[C@@H](O)[C@@H]([C@H](C)O)[C@H]2C(=O)N[C@H]2C[C@H]3C[C@@H]([C@@H]2C)C3(C)C)cccc1-c1cc(C(=O)N[C@@H](Cc2ccccc2)CN(C)C)cc(N2CCOCC2)c1. The summed E-state index contributed by atoms with van der Waals surface area (Å²) in [5, 5.41) is 30.1. The molecule has 4 N–H and O–H groups in total. The molecule has 314 valence electrons. The van der Waals surface area contributed by atoms with E-state index in [4.69, 9.17) is 14.3 Å². The van der Waals surface area contributed by atoms with Gasteiger partial charge in [0.25, 0.3) is 5.91 Å². The molecule has 5 fully saturated rings. The number of aliphatic hydroxyl groups excluding tert-OH is 2. The molecule has 3 saturated carbocycles. The van der Waals surface area contributed by atoms with Crippen molar-refractivity contribution in [2.45, 2.75) is 84.0 Å². The average molecular weight is 798 g/mol. The number of fused-ring (bicyclic) bond motifs is 2. The molecule has 12 nitrogen and oxygen atoms in total. The number of benzene rings is 3. The maximum Gasteiger partial charge on any atom is 0.251 e. The highest BCUT2D eigenvalue weighted by molar-refractivity contribution is 5.97. The molecule has 8 rings (SSSR count). The quantitative estimate of drug-likeness (QED) is 0.182. The third-order valence-corrected chi connectivity index (χ3v) is 13.5. The lowest BCUT2D eigenvalue weighted by molar-refractivity contribution is -0.231. The Bertz CT molecular complexity index is 1900. The maximum atomic E-state index is 14.2. The number of carbonyl (C=O) groups is 2. The highest BCUT2D eigenvalue weighted by Crippen LogP contribution is 2.61. The van der Waals surface area contributed by atoms with E-state index in [9.17, 15) is 19.8 Å². The summed E-state index contributed by atoms with van der Waals surface area (Å²) in [5.41, 5.74) is 5.15. The number of likely N-dealkylation sites (N-methyl/N-ethyl adjacent to an activating group) is 1. The monoisotopic (exact) mass is 797 g/mol. The Kier molecular flexibility index (Phi) is 12.8. The van der Waals surface area contributed by atoms with Crippen molar-refractivity contribution in [1.82, 2.24) is 20.6 Å². The molecule has 3 aliphatic carbocycles. The molecule has 5 aliphatic rings. The van der Waals surface area contributed by atoms with Crippen molar-refractivity contribution in [3.05, 3.63) is 83.4 Å². The molecule has 0 radical (unpaired) electrons. The summed E-state index contributed by atoms with van der Waals surface area (Å²) < 4.78 is 11.8. The number of morpholine rings is 1. The van der Waals surface area contributed by atoms with E-state index in [1.165, 1.54) is 11.5 Å². The van der Waals surface area contributed by atoms with Gasteiger partial charge in [-0.05, 0) is 92.8 Å². The normalized spacial score (nSPS) is 27.8. The van der Waals surface area contributed by atoms with Crippen molar-refractivity contribution in [3.63, 3.8) is 0 Å². The summed E-state index contributed by atoms with van der Waals surface area (Å²) in [6.07, 6.45) is 0.423. The number of amides is 2. The van der Waals surface area contributed by atoms with Crippen LogP contribution in [0.15, 0.2) is 66.7 Å². The van der Waals surface area contributed by atoms with Crippen LogP contribution in [0.25, 0.3) is 11.1 Å². The lowest BCUT2D eigenvalue weighted by Crippen LogP contribution is -2.62. The molecule has 0 aromatic heterocycles. The Morgan fingerprint density at radius 3 is 2.43 bits per heavy atom. The predicted octanol–water partition coefficient (Wildman–Crippen LogP) is 4.72. The zero-order chi connectivity index (χ0) is 41.3. The standard InChI is InChI=1S/C46H63N5O7/c1-28-38-24-34(46(38,3)4)25-39(28)48-44(54)41-40(29(2)52)45(55)58-51(41)26-31-14-11-15-37(42(31)56-7)32-21-33(23-36(22-32)50-16-18-57-19-17-50)43(53)47-35(27-49(5)6)20-30-12-9-8-10-13-30/h8-15,21-23,28-29,34-35,38-41,45,52,55H,16-20,24-27H2,1-7H3,(H,47,53)(H,48,54)/t28-,29-,34+,35-,38-,39-,40-,41-,45+/m0/s1. The van der Waals surface area contributed by atoms with Gasteiger partial charge in [-0.25, -0.2) is 0 Å². The van der Waals surface area contributed by atoms with Crippen LogP contribution in [0.1, 0.15) is 62.0 Å². The number of methoxy groups -OCH3 is 1. The zero-order valence-electron chi connectivity index (χ0n) is 35.2. The number of aliphatic hydroxyl groups is 2. The van der Waals surface area contributed by atoms with Crippen LogP contribution in [0.4, 0.5) is 5.69 Å². The van der Waals surface area contributed by atoms with Crippen LogP contribution in [0.2, 0.25) is 0 Å². The maximum absolute atomic E-state index is 14.2. The average Bonchev–Trinajstić information content (AvgIpc) is 3.54. The summed E-state index contributed by atoms with van der Waals surface area (Å²) in [7, 11) is 5.62. The molecule has 2 bridgehead atoms. The number of hydroxylamine groups is 2. The van der Waals surface area contributed by atoms with Crippen LogP contribution in [-0.4, -0.2) is 117 Å². The van der Waals surface area contributed by atoms with E-state index < -0.39 is 24.4 Å². The second kappa shape index (κ2) is 17.7. The minimum atomic E-state index is -1.37. The van der Waals surface area contributed by atoms with Crippen molar-refractivity contribution >= 4 is 17.5 Å². The molecule has 3 aromatic rings. The predicted molar refractivity (Wildman–Crippen MR) is 224 cm³/mol. The van der Waals surface area contributed by atoms with Crippen LogP contribution in [0, 0.1) is 29.1 Å². The number of hydrogen-bond acceptors (Lipinski definition) is 10. The van der Waals surface area contributed by atoms with Gasteiger partial charge < -0.3 is 40.1 Å². The van der Waals surface area contributed by atoms with Crippen molar-refractivity contribution in [2.75, 3.05) is 59.0 Å². The van der Waals surface area contributed by atoms with E-state index in [2.05, 4.69) is 59.4 Å². The van der Waals surface area contributed by atoms with Gasteiger partial charge in [-0.15, -0.1) is 0 Å². The lowest BCUT2D eigenvalue weighted by Gasteiger charge is -2.62. The van der Waals surface area contributed by atoms with Gasteiger partial charge in [0.2, 0.25) is 5.91 Å². The van der Waals surface area contributed by atoms with Crippen molar-refractivity contribution in [3.8, 4) is 16.9 Å². The van der Waals surface area contributed by atoms with Gasteiger partial charge in [0.15, 0.2) is 6.29 Å². The van der Waals surface area contributed by atoms with Gasteiger partial charge in [-0.1, -0.05) is 69.3 Å². The van der Waals surface area contributed by atoms with E-state index in [1.54, 1.807) is 14.0 Å². The van der Waals surface area contributed by atoms with E-state index in [1.807, 2.05) is 62.6 Å². The Morgan fingerprint density at radius 2 is 1.78 bits per heavy atom. The fraction of sp³-hybridized carbons (Fsp3) is 0.565. The second-order valence-corrected chi connectivity index (χ2v) is 17.9. The second-order valence-electron chi connectivity index (χ2n) is 17.9. The number of anilines is 1. The van der Waals surface area contributed by atoms with Crippen molar-refractivity contribution in [1.29, 1.82) is 0 Å². The van der Waals surface area contributed by atoms with Gasteiger partial charge >= 0.3 is 0 Å². The summed E-state index contributed by atoms with van der Waals surface area (Å²) in [6.45, 7) is 11.8. The summed E-state index contributed by atoms with van der Waals surface area (Å²) in [4.78, 5) is 38.8. The van der Waals surface area contributed by atoms with Crippen LogP contribution < -0.4 is 20.3 Å². The molecule has 12 heteroatoms. The molecular formula is C46H63N5O7. The number of ether oxygens (including phenoxy) is 2. The molecule has 2 heterocycles. The number of para-hydroxylation sites is 1. The highest BCUT2D eigenvalue weighted by atomic mass is 16.8. The molecule has 58 heavy (non-hydrogen) atoms. The molecule has 0 spiro atoms. The molecule has 2 saturated heterocycles. The fourth-order valence-corrected chi connectivity index (χ4v) is 10.2. The molecule has 2 amide bonds. The number of nitrogens with zero attached hydrogens (tertiary/aromatic N) is 3. The Morgan fingerprint density at radius 1 is 1.03 bits per heavy atom. The smallest absolute Gasteiger partial charge is 0.251 e. The Hall–Kier alpha value is -4.04. The van der Waals surface area contributed by atoms with E-state index in [0.29, 0.717) is 68.3 Å². The molecule has 3 aromatic carbocycles. The largest absolute Gasteiger partial charge is 0.496 e. The molecular weight excluding hydrogens is 735 g/mol. The van der Waals surface area contributed by atoms with Crippen LogP contribution in [0.5, 0.6) is 5.75 Å². The summed E-state index contributed by atoms with van der Waals surface area (Å²) >= 11 is 0. The Balaban J connectivity index is 1.18. The van der Waals surface area contributed by atoms with Crippen LogP contribution in [0.3, 0.4) is 0 Å². The molecule has 0 unspecified atom stereocenters. The first-order chi connectivity index (χ1) is 27.7. The third-order valence-electron chi connectivity index (χ3n) is 13.5. The first-order valence-electron chi connectivity index (χ1n) is 21.0. The van der Waals surface area contributed by atoms with Gasteiger partial charge in [-0.3, -0.25) is 14.4 Å². The topological polar surface area (TPSA) is 136 Å². The zero-order valence-corrected chi connectivity index (χ0v) is 35.2. The third kappa shape index (κ3) is 8.78. The number of hydrogen-bond donors (Lipinski definition) is 4. The summed E-state index contributed by atoms with van der Waals surface area (Å²) in [6, 6.07) is 20.9. The summed E-state index contributed by atoms with van der Waals surface area (Å²) in [5.74, 6) is 0.686. The first-order valence-corrected chi connectivity index (χ1v) is 21.0. The highest BCUT2D eigenvalue weighted by Gasteiger charge is 2.57.